The summed E-state index contributed by atoms with van der Waals surface area (Å²) < 4.78 is 13.6. The highest BCUT2D eigenvalue weighted by Crippen LogP contribution is 2.20. The molecule has 0 fully saturated rings. The average molecular weight is 367 g/mol. The van der Waals surface area contributed by atoms with Gasteiger partial charge in [0.2, 0.25) is 11.8 Å². The zero-order valence-electron chi connectivity index (χ0n) is 12.9. The summed E-state index contributed by atoms with van der Waals surface area (Å²) in [6.07, 6.45) is 0. The fourth-order valence-electron chi connectivity index (χ4n) is 1.97. The van der Waals surface area contributed by atoms with Gasteiger partial charge in [0, 0.05) is 29.1 Å². The first kappa shape index (κ1) is 18.3. The number of benzene rings is 2. The number of hydrogen-bond acceptors (Lipinski definition) is 3. The van der Waals surface area contributed by atoms with Gasteiger partial charge in [0.05, 0.1) is 5.75 Å². The molecule has 2 aromatic rings. The lowest BCUT2D eigenvalue weighted by atomic mass is 10.2. The van der Waals surface area contributed by atoms with E-state index in [-0.39, 0.29) is 23.4 Å². The van der Waals surface area contributed by atoms with Crippen molar-refractivity contribution in [3.63, 3.8) is 0 Å². The van der Waals surface area contributed by atoms with Gasteiger partial charge in [-0.1, -0.05) is 23.7 Å². The molecule has 2 amide bonds. The lowest BCUT2D eigenvalue weighted by Crippen LogP contribution is -2.14. The van der Waals surface area contributed by atoms with Crippen molar-refractivity contribution in [1.29, 1.82) is 0 Å². The molecule has 0 aliphatic rings. The Morgan fingerprint density at radius 1 is 1.12 bits per heavy atom. The molecule has 2 rings (SSSR count). The molecule has 4 nitrogen and oxygen atoms in total. The number of carbonyl (C=O) groups excluding carboxylic acids is 2. The third-order valence-corrected chi connectivity index (χ3v) is 4.19. The highest BCUT2D eigenvalue weighted by molar-refractivity contribution is 7.99. The van der Waals surface area contributed by atoms with Gasteiger partial charge in [-0.15, -0.1) is 11.8 Å². The molecular weight excluding hydrogens is 351 g/mol. The number of halogens is 2. The van der Waals surface area contributed by atoms with Gasteiger partial charge >= 0.3 is 0 Å². The Kier molecular flexibility index (Phi) is 6.63. The molecule has 0 aromatic heterocycles. The fraction of sp³-hybridized carbons (Fsp3) is 0.176. The predicted molar refractivity (Wildman–Crippen MR) is 96.9 cm³/mol. The van der Waals surface area contributed by atoms with Crippen molar-refractivity contribution in [1.82, 2.24) is 0 Å². The summed E-state index contributed by atoms with van der Waals surface area (Å²) in [6, 6.07) is 11.3. The van der Waals surface area contributed by atoms with E-state index in [0.29, 0.717) is 27.7 Å². The summed E-state index contributed by atoms with van der Waals surface area (Å²) in [5.74, 6) is -0.193. The molecule has 0 saturated heterocycles. The third-order valence-electron chi connectivity index (χ3n) is 2.97. The minimum Gasteiger partial charge on any atom is -0.326 e. The van der Waals surface area contributed by atoms with E-state index in [2.05, 4.69) is 10.6 Å². The van der Waals surface area contributed by atoms with Gasteiger partial charge in [-0.3, -0.25) is 9.59 Å². The van der Waals surface area contributed by atoms with E-state index < -0.39 is 0 Å². The smallest absolute Gasteiger partial charge is 0.234 e. The standard InChI is InChI=1S/C17H16ClFN2O2S/c1-11(22)20-14-3-2-4-15(8-14)21-17(23)10-24-9-12-5-6-13(18)7-16(12)19/h2-8H,9-10H2,1H3,(H,20,22)(H,21,23). The molecule has 0 heterocycles. The van der Waals surface area contributed by atoms with Crippen LogP contribution in [-0.4, -0.2) is 17.6 Å². The largest absolute Gasteiger partial charge is 0.326 e. The number of amides is 2. The van der Waals surface area contributed by atoms with Crippen molar-refractivity contribution >= 4 is 46.6 Å². The van der Waals surface area contributed by atoms with Crippen molar-refractivity contribution in [3.8, 4) is 0 Å². The monoisotopic (exact) mass is 366 g/mol. The molecule has 0 saturated carbocycles. The maximum Gasteiger partial charge on any atom is 0.234 e. The SMILES string of the molecule is CC(=O)Nc1cccc(NC(=O)CSCc2ccc(Cl)cc2F)c1. The van der Waals surface area contributed by atoms with Crippen molar-refractivity contribution in [3.05, 3.63) is 58.9 Å². The van der Waals surface area contributed by atoms with Crippen molar-refractivity contribution in [2.75, 3.05) is 16.4 Å². The molecule has 7 heteroatoms. The second kappa shape index (κ2) is 8.70. The van der Waals surface area contributed by atoms with Crippen LogP contribution in [0.3, 0.4) is 0 Å². The van der Waals surface area contributed by atoms with Crippen LogP contribution in [-0.2, 0) is 15.3 Å². The van der Waals surface area contributed by atoms with E-state index in [0.717, 1.165) is 0 Å². The Morgan fingerprint density at radius 2 is 1.83 bits per heavy atom. The fourth-order valence-corrected chi connectivity index (χ4v) is 2.94. The van der Waals surface area contributed by atoms with Gasteiger partial charge in [-0.2, -0.15) is 0 Å². The molecule has 0 unspecified atom stereocenters. The van der Waals surface area contributed by atoms with Crippen LogP contribution >= 0.6 is 23.4 Å². The number of hydrogen-bond donors (Lipinski definition) is 2. The Morgan fingerprint density at radius 3 is 2.50 bits per heavy atom. The molecular formula is C17H16ClFN2O2S. The van der Waals surface area contributed by atoms with Gasteiger partial charge in [-0.05, 0) is 35.9 Å². The Balaban J connectivity index is 1.84. The number of thioether (sulfide) groups is 1. The van der Waals surface area contributed by atoms with E-state index in [4.69, 9.17) is 11.6 Å². The molecule has 0 aliphatic heterocycles. The maximum absolute atomic E-state index is 13.6. The van der Waals surface area contributed by atoms with E-state index in [1.54, 1.807) is 36.4 Å². The zero-order valence-corrected chi connectivity index (χ0v) is 14.5. The highest BCUT2D eigenvalue weighted by atomic mass is 35.5. The van der Waals surface area contributed by atoms with Gasteiger partial charge in [0.1, 0.15) is 5.82 Å². The lowest BCUT2D eigenvalue weighted by molar-refractivity contribution is -0.114. The number of carbonyl (C=O) groups is 2. The van der Waals surface area contributed by atoms with Gasteiger partial charge in [0.25, 0.3) is 0 Å². The van der Waals surface area contributed by atoms with Gasteiger partial charge in [0.15, 0.2) is 0 Å². The average Bonchev–Trinajstić information content (AvgIpc) is 2.49. The molecule has 0 bridgehead atoms. The minimum absolute atomic E-state index is 0.181. The maximum atomic E-state index is 13.6. The Bertz CT molecular complexity index is 755. The molecule has 0 spiro atoms. The second-order valence-electron chi connectivity index (χ2n) is 5.04. The summed E-state index contributed by atoms with van der Waals surface area (Å²) in [4.78, 5) is 23.0. The number of anilines is 2. The normalized spacial score (nSPS) is 10.3. The molecule has 0 aliphatic carbocycles. The van der Waals surface area contributed by atoms with Crippen LogP contribution in [0.25, 0.3) is 0 Å². The Hall–Kier alpha value is -2.05. The highest BCUT2D eigenvalue weighted by Gasteiger charge is 2.07. The molecule has 2 aromatic carbocycles. The van der Waals surface area contributed by atoms with Gasteiger partial charge < -0.3 is 10.6 Å². The molecule has 24 heavy (non-hydrogen) atoms. The number of rotatable bonds is 6. The van der Waals surface area contributed by atoms with Crippen LogP contribution in [0.4, 0.5) is 15.8 Å². The lowest BCUT2D eigenvalue weighted by Gasteiger charge is -2.08. The summed E-state index contributed by atoms with van der Waals surface area (Å²) in [7, 11) is 0. The van der Waals surface area contributed by atoms with Crippen LogP contribution in [0.1, 0.15) is 12.5 Å². The first-order valence-corrected chi connectivity index (χ1v) is 8.66. The summed E-state index contributed by atoms with van der Waals surface area (Å²) in [6.45, 7) is 1.41. The molecule has 0 radical (unpaired) electrons. The Labute approximate surface area is 148 Å². The van der Waals surface area contributed by atoms with Crippen molar-refractivity contribution in [2.24, 2.45) is 0 Å². The molecule has 0 atom stereocenters. The van der Waals surface area contributed by atoms with E-state index in [1.807, 2.05) is 0 Å². The molecule has 126 valence electrons. The van der Waals surface area contributed by atoms with Crippen LogP contribution in [0, 0.1) is 5.82 Å². The first-order valence-electron chi connectivity index (χ1n) is 7.13. The third kappa shape index (κ3) is 5.86. The van der Waals surface area contributed by atoms with E-state index in [9.17, 15) is 14.0 Å². The van der Waals surface area contributed by atoms with E-state index in [1.165, 1.54) is 24.8 Å². The van der Waals surface area contributed by atoms with Crippen LogP contribution < -0.4 is 10.6 Å². The molecule has 2 N–H and O–H groups in total. The van der Waals surface area contributed by atoms with Crippen LogP contribution in [0.2, 0.25) is 5.02 Å². The van der Waals surface area contributed by atoms with Crippen molar-refractivity contribution < 1.29 is 14.0 Å². The van der Waals surface area contributed by atoms with Crippen LogP contribution in [0.5, 0.6) is 0 Å². The zero-order chi connectivity index (χ0) is 17.5. The quantitative estimate of drug-likeness (QED) is 0.800. The van der Waals surface area contributed by atoms with Crippen molar-refractivity contribution in [2.45, 2.75) is 12.7 Å². The minimum atomic E-state index is -0.376. The first-order chi connectivity index (χ1) is 11.4. The second-order valence-corrected chi connectivity index (χ2v) is 6.46. The predicted octanol–water partition coefficient (Wildman–Crippen LogP) is 4.31. The van der Waals surface area contributed by atoms with Gasteiger partial charge in [-0.25, -0.2) is 4.39 Å². The van der Waals surface area contributed by atoms with Crippen LogP contribution in [0.15, 0.2) is 42.5 Å². The number of nitrogens with one attached hydrogen (secondary N) is 2. The summed E-state index contributed by atoms with van der Waals surface area (Å²) in [5.41, 5.74) is 1.70. The summed E-state index contributed by atoms with van der Waals surface area (Å²) >= 11 is 7.00. The van der Waals surface area contributed by atoms with E-state index >= 15 is 0 Å². The summed E-state index contributed by atoms with van der Waals surface area (Å²) in [5, 5.41) is 5.73. The topological polar surface area (TPSA) is 58.2 Å².